The van der Waals surface area contributed by atoms with Crippen molar-refractivity contribution in [1.82, 2.24) is 4.90 Å². The predicted molar refractivity (Wildman–Crippen MR) is 85.5 cm³/mol. The van der Waals surface area contributed by atoms with Gasteiger partial charge in [0.05, 0.1) is 5.41 Å². The summed E-state index contributed by atoms with van der Waals surface area (Å²) >= 11 is 0. The first kappa shape index (κ1) is 16.5. The van der Waals surface area contributed by atoms with Crippen molar-refractivity contribution in [2.45, 2.75) is 46.7 Å². The summed E-state index contributed by atoms with van der Waals surface area (Å²) in [7, 11) is 0. The van der Waals surface area contributed by atoms with Gasteiger partial charge in [-0.25, -0.2) is 0 Å². The summed E-state index contributed by atoms with van der Waals surface area (Å²) in [4.78, 5) is 25.6. The topological polar surface area (TPSA) is 69.6 Å². The highest BCUT2D eigenvalue weighted by Crippen LogP contribution is 2.30. The highest BCUT2D eigenvalue weighted by Gasteiger charge is 2.30. The molecular weight excluding hydrogens is 280 g/mol. The van der Waals surface area contributed by atoms with Crippen LogP contribution in [0.3, 0.4) is 0 Å². The van der Waals surface area contributed by atoms with Crippen molar-refractivity contribution < 1.29 is 14.7 Å². The second-order valence-electron chi connectivity index (χ2n) is 6.57. The second kappa shape index (κ2) is 6.48. The fraction of sp³-hybridized carbons (Fsp3) is 0.529. The molecule has 0 aromatic heterocycles. The van der Waals surface area contributed by atoms with E-state index in [1.807, 2.05) is 12.1 Å². The molecule has 22 heavy (non-hydrogen) atoms. The molecule has 1 aliphatic heterocycles. The number of hydrogen-bond acceptors (Lipinski definition) is 3. The lowest BCUT2D eigenvalue weighted by Crippen LogP contribution is -2.29. The molecule has 1 aliphatic rings. The Bertz CT molecular complexity index is 581. The molecule has 0 spiro atoms. The molecule has 0 aliphatic carbocycles. The molecule has 1 aromatic carbocycles. The zero-order valence-corrected chi connectivity index (χ0v) is 13.5. The molecule has 0 bridgehead atoms. The van der Waals surface area contributed by atoms with Gasteiger partial charge >= 0.3 is 5.97 Å². The van der Waals surface area contributed by atoms with E-state index in [4.69, 9.17) is 5.11 Å². The lowest BCUT2D eigenvalue weighted by molar-refractivity contribution is -0.148. The number of amides is 1. The summed E-state index contributed by atoms with van der Waals surface area (Å²) in [5.74, 6) is -1.22. The van der Waals surface area contributed by atoms with E-state index in [0.29, 0.717) is 0 Å². The molecule has 0 unspecified atom stereocenters. The molecule has 0 atom stereocenters. The van der Waals surface area contributed by atoms with Crippen LogP contribution in [0.1, 0.15) is 44.7 Å². The van der Waals surface area contributed by atoms with Gasteiger partial charge in [-0.2, -0.15) is 0 Å². The van der Waals surface area contributed by atoms with Crippen LogP contribution in [0.4, 0.5) is 5.69 Å². The minimum Gasteiger partial charge on any atom is -0.481 e. The summed E-state index contributed by atoms with van der Waals surface area (Å²) < 4.78 is 0. The number of carbonyl (C=O) groups excluding carboxylic acids is 1. The Morgan fingerprint density at radius 2 is 2.05 bits per heavy atom. The zero-order chi connectivity index (χ0) is 16.3. The van der Waals surface area contributed by atoms with Crippen LogP contribution in [-0.4, -0.2) is 28.4 Å². The van der Waals surface area contributed by atoms with Crippen LogP contribution in [0.25, 0.3) is 0 Å². The number of nitrogens with zero attached hydrogens (tertiary/aromatic N) is 1. The molecule has 120 valence electrons. The van der Waals surface area contributed by atoms with Gasteiger partial charge in [0.1, 0.15) is 0 Å². The number of carbonyl (C=O) groups is 2. The Balaban J connectivity index is 2.08. The highest BCUT2D eigenvalue weighted by molar-refractivity contribution is 5.94. The molecule has 5 nitrogen and oxygen atoms in total. The van der Waals surface area contributed by atoms with E-state index >= 15 is 0 Å². The summed E-state index contributed by atoms with van der Waals surface area (Å²) in [5.41, 5.74) is 2.14. The maximum atomic E-state index is 12.2. The number of carboxylic acids is 1. The van der Waals surface area contributed by atoms with Crippen LogP contribution in [0, 0.1) is 5.41 Å². The van der Waals surface area contributed by atoms with Crippen LogP contribution in [0.2, 0.25) is 0 Å². The molecule has 0 fully saturated rings. The average molecular weight is 304 g/mol. The maximum absolute atomic E-state index is 12.2. The number of nitrogens with one attached hydrogen (secondary N) is 1. The van der Waals surface area contributed by atoms with Crippen molar-refractivity contribution in [3.05, 3.63) is 29.3 Å². The molecular formula is C17H24N2O3. The van der Waals surface area contributed by atoms with Gasteiger partial charge < -0.3 is 10.4 Å². The number of aliphatic carboxylic acids is 1. The molecule has 0 saturated heterocycles. The number of fused-ring (bicyclic) bond motifs is 1. The first-order valence-electron chi connectivity index (χ1n) is 7.70. The summed E-state index contributed by atoms with van der Waals surface area (Å²) in [6.45, 7) is 8.06. The van der Waals surface area contributed by atoms with E-state index in [0.717, 1.165) is 37.3 Å². The fourth-order valence-corrected chi connectivity index (χ4v) is 2.75. The van der Waals surface area contributed by atoms with Crippen molar-refractivity contribution in [2.24, 2.45) is 5.41 Å². The minimum atomic E-state index is -1.06. The van der Waals surface area contributed by atoms with Crippen molar-refractivity contribution in [1.29, 1.82) is 0 Å². The maximum Gasteiger partial charge on any atom is 0.309 e. The lowest BCUT2D eigenvalue weighted by Gasteiger charge is -2.19. The molecule has 2 N–H and O–H groups in total. The van der Waals surface area contributed by atoms with Crippen LogP contribution in [0.15, 0.2) is 18.2 Å². The first-order chi connectivity index (χ1) is 10.3. The van der Waals surface area contributed by atoms with Gasteiger partial charge in [-0.15, -0.1) is 0 Å². The number of rotatable bonds is 6. The van der Waals surface area contributed by atoms with E-state index < -0.39 is 11.4 Å². The quantitative estimate of drug-likeness (QED) is 0.848. The van der Waals surface area contributed by atoms with Crippen LogP contribution in [0.5, 0.6) is 0 Å². The Labute approximate surface area is 131 Å². The number of anilines is 1. The zero-order valence-electron chi connectivity index (χ0n) is 13.5. The Morgan fingerprint density at radius 3 is 2.68 bits per heavy atom. The number of carboxylic acid groups (broad SMARTS) is 1. The SMILES string of the molecule is CCCN1Cc2cccc(NC(=O)CC(C)(C)C(=O)O)c2C1. The van der Waals surface area contributed by atoms with Gasteiger partial charge in [0.2, 0.25) is 5.91 Å². The fourth-order valence-electron chi connectivity index (χ4n) is 2.75. The molecule has 0 radical (unpaired) electrons. The normalized spacial score (nSPS) is 14.7. The molecule has 1 aromatic rings. The Kier molecular flexibility index (Phi) is 4.86. The second-order valence-corrected chi connectivity index (χ2v) is 6.57. The highest BCUT2D eigenvalue weighted by atomic mass is 16.4. The van der Waals surface area contributed by atoms with Gasteiger partial charge in [-0.3, -0.25) is 14.5 Å². The molecule has 1 heterocycles. The average Bonchev–Trinajstić information content (AvgIpc) is 2.82. The smallest absolute Gasteiger partial charge is 0.309 e. The lowest BCUT2D eigenvalue weighted by atomic mass is 9.89. The number of hydrogen-bond donors (Lipinski definition) is 2. The van der Waals surface area contributed by atoms with Gasteiger partial charge in [0.25, 0.3) is 0 Å². The van der Waals surface area contributed by atoms with Gasteiger partial charge in [-0.1, -0.05) is 19.1 Å². The van der Waals surface area contributed by atoms with Gasteiger partial charge in [0.15, 0.2) is 0 Å². The van der Waals surface area contributed by atoms with Crippen molar-refractivity contribution >= 4 is 17.6 Å². The summed E-state index contributed by atoms with van der Waals surface area (Å²) in [6.07, 6.45) is 1.06. The van der Waals surface area contributed by atoms with Crippen LogP contribution in [-0.2, 0) is 22.7 Å². The standard InChI is InChI=1S/C17H24N2O3/c1-4-8-19-10-12-6-5-7-14(13(12)11-19)18-15(20)9-17(2,3)16(21)22/h5-7H,4,8-11H2,1-3H3,(H,18,20)(H,21,22). The van der Waals surface area contributed by atoms with E-state index in [9.17, 15) is 9.59 Å². The third-order valence-electron chi connectivity index (χ3n) is 4.04. The Morgan fingerprint density at radius 1 is 1.32 bits per heavy atom. The van der Waals surface area contributed by atoms with E-state index in [2.05, 4.69) is 23.2 Å². The third-order valence-corrected chi connectivity index (χ3v) is 4.04. The van der Waals surface area contributed by atoms with Crippen molar-refractivity contribution in [3.8, 4) is 0 Å². The van der Waals surface area contributed by atoms with E-state index in [1.54, 1.807) is 13.8 Å². The monoisotopic (exact) mass is 304 g/mol. The minimum absolute atomic E-state index is 0.0370. The Hall–Kier alpha value is -1.88. The van der Waals surface area contributed by atoms with Gasteiger partial charge in [0, 0.05) is 25.2 Å². The van der Waals surface area contributed by atoms with Crippen LogP contribution >= 0.6 is 0 Å². The third kappa shape index (κ3) is 3.65. The summed E-state index contributed by atoms with van der Waals surface area (Å²) in [5, 5.41) is 12.0. The number of benzene rings is 1. The molecule has 2 rings (SSSR count). The predicted octanol–water partition coefficient (Wildman–Crippen LogP) is 2.85. The van der Waals surface area contributed by atoms with Crippen molar-refractivity contribution in [3.63, 3.8) is 0 Å². The largest absolute Gasteiger partial charge is 0.481 e. The molecule has 0 saturated carbocycles. The van der Waals surface area contributed by atoms with Crippen LogP contribution < -0.4 is 5.32 Å². The summed E-state index contributed by atoms with van der Waals surface area (Å²) in [6, 6.07) is 5.91. The van der Waals surface area contributed by atoms with Crippen molar-refractivity contribution in [2.75, 3.05) is 11.9 Å². The van der Waals surface area contributed by atoms with Gasteiger partial charge in [-0.05, 0) is 44.0 Å². The first-order valence-corrected chi connectivity index (χ1v) is 7.70. The molecule has 5 heteroatoms. The molecule has 1 amide bonds. The van der Waals surface area contributed by atoms with E-state index in [-0.39, 0.29) is 12.3 Å². The van der Waals surface area contributed by atoms with E-state index in [1.165, 1.54) is 5.56 Å².